The van der Waals surface area contributed by atoms with Gasteiger partial charge >= 0.3 is 5.76 Å². The van der Waals surface area contributed by atoms with Crippen molar-refractivity contribution in [1.29, 1.82) is 0 Å². The first-order valence-corrected chi connectivity index (χ1v) is 6.65. The number of hydrogen-bond donors (Lipinski definition) is 0. The van der Waals surface area contributed by atoms with Crippen molar-refractivity contribution < 1.29 is 9.15 Å². The van der Waals surface area contributed by atoms with Gasteiger partial charge in [0.1, 0.15) is 0 Å². The van der Waals surface area contributed by atoms with Crippen molar-refractivity contribution >= 4 is 21.9 Å². The molecule has 0 unspecified atom stereocenters. The van der Waals surface area contributed by atoms with E-state index in [1.165, 1.54) is 0 Å². The van der Waals surface area contributed by atoms with Gasteiger partial charge in [0.15, 0.2) is 5.58 Å². The second-order valence-electron chi connectivity index (χ2n) is 4.66. The minimum absolute atomic E-state index is 0.540. The fourth-order valence-corrected chi connectivity index (χ4v) is 2.52. The van der Waals surface area contributed by atoms with Crippen molar-refractivity contribution in [2.24, 2.45) is 0 Å². The van der Waals surface area contributed by atoms with Crippen molar-refractivity contribution in [1.82, 2.24) is 9.55 Å². The molecule has 5 heteroatoms. The maximum atomic E-state index is 11.6. The quantitative estimate of drug-likeness (QED) is 0.731. The molecule has 0 aliphatic heterocycles. The van der Waals surface area contributed by atoms with Crippen LogP contribution in [0.1, 0.15) is 12.6 Å². The summed E-state index contributed by atoms with van der Waals surface area (Å²) in [5.41, 5.74) is 2.31. The second kappa shape index (κ2) is 5.09. The van der Waals surface area contributed by atoms with Crippen LogP contribution in [-0.2, 0) is 17.7 Å². The molecule has 20 heavy (non-hydrogen) atoms. The lowest BCUT2D eigenvalue weighted by atomic mass is 10.1. The molecule has 104 valence electrons. The summed E-state index contributed by atoms with van der Waals surface area (Å²) < 4.78 is 12.5. The zero-order valence-corrected chi connectivity index (χ0v) is 11.5. The summed E-state index contributed by atoms with van der Waals surface area (Å²) in [4.78, 5) is 15.6. The summed E-state index contributed by atoms with van der Waals surface area (Å²) in [6.45, 7) is 3.30. The molecule has 3 rings (SSSR count). The Bertz CT molecular complexity index is 817. The van der Waals surface area contributed by atoms with E-state index in [-0.39, 0.29) is 0 Å². The molecule has 0 fully saturated rings. The van der Waals surface area contributed by atoms with Gasteiger partial charge in [-0.15, -0.1) is 0 Å². The predicted octanol–water partition coefficient (Wildman–Crippen LogP) is 2.35. The van der Waals surface area contributed by atoms with Crippen molar-refractivity contribution in [3.8, 4) is 0 Å². The second-order valence-corrected chi connectivity index (χ2v) is 4.66. The molecule has 0 amide bonds. The molecule has 0 spiro atoms. The fourth-order valence-electron chi connectivity index (χ4n) is 2.52. The summed E-state index contributed by atoms with van der Waals surface area (Å²) in [6, 6.07) is 6.01. The standard InChI is InChI=1S/C15H16N2O3/c1-3-12-11-5-4-10-6-7-17(8-9-19-2)13(10)14(11)20-15(18)16-12/h4-7H,3,8-9H2,1-2H3. The Morgan fingerprint density at radius 1 is 1.35 bits per heavy atom. The topological polar surface area (TPSA) is 57.3 Å². The Labute approximate surface area is 115 Å². The Balaban J connectivity index is 2.35. The summed E-state index contributed by atoms with van der Waals surface area (Å²) in [7, 11) is 1.67. The minimum Gasteiger partial charge on any atom is -0.406 e. The average Bonchev–Trinajstić information content (AvgIpc) is 2.87. The van der Waals surface area contributed by atoms with Crippen molar-refractivity contribution in [3.63, 3.8) is 0 Å². The third kappa shape index (κ3) is 2.00. The zero-order valence-electron chi connectivity index (χ0n) is 11.5. The monoisotopic (exact) mass is 272 g/mol. The molecule has 0 aliphatic rings. The van der Waals surface area contributed by atoms with Crippen LogP contribution in [0.3, 0.4) is 0 Å². The SMILES string of the molecule is CCc1nc(=O)oc2c1ccc1ccn(CCOC)c12. The Morgan fingerprint density at radius 2 is 2.20 bits per heavy atom. The average molecular weight is 272 g/mol. The van der Waals surface area contributed by atoms with Crippen LogP contribution < -0.4 is 5.76 Å². The van der Waals surface area contributed by atoms with Gasteiger partial charge in [0, 0.05) is 30.6 Å². The van der Waals surface area contributed by atoms with Crippen LogP contribution >= 0.6 is 0 Å². The molecule has 0 atom stereocenters. The molecular weight excluding hydrogens is 256 g/mol. The molecule has 2 heterocycles. The number of benzene rings is 1. The van der Waals surface area contributed by atoms with Gasteiger partial charge in [-0.1, -0.05) is 13.0 Å². The van der Waals surface area contributed by atoms with Crippen molar-refractivity contribution in [2.45, 2.75) is 19.9 Å². The lowest BCUT2D eigenvalue weighted by Gasteiger charge is -2.07. The van der Waals surface area contributed by atoms with E-state index in [0.717, 1.165) is 22.0 Å². The molecule has 0 N–H and O–H groups in total. The molecule has 0 saturated heterocycles. The number of ether oxygens (including phenoxy) is 1. The third-order valence-corrected chi connectivity index (χ3v) is 3.48. The maximum Gasteiger partial charge on any atom is 0.439 e. The highest BCUT2D eigenvalue weighted by molar-refractivity contribution is 6.03. The van der Waals surface area contributed by atoms with Crippen LogP contribution in [0.5, 0.6) is 0 Å². The highest BCUT2D eigenvalue weighted by Gasteiger charge is 2.12. The van der Waals surface area contributed by atoms with E-state index in [4.69, 9.17) is 9.15 Å². The largest absolute Gasteiger partial charge is 0.439 e. The normalized spacial score (nSPS) is 11.5. The van der Waals surface area contributed by atoms with E-state index >= 15 is 0 Å². The predicted molar refractivity (Wildman–Crippen MR) is 77.0 cm³/mol. The van der Waals surface area contributed by atoms with E-state index in [0.29, 0.717) is 25.2 Å². The van der Waals surface area contributed by atoms with Gasteiger partial charge in [0.05, 0.1) is 17.8 Å². The van der Waals surface area contributed by atoms with Crippen LogP contribution in [-0.4, -0.2) is 23.3 Å². The Kier molecular flexibility index (Phi) is 3.28. The smallest absolute Gasteiger partial charge is 0.406 e. The third-order valence-electron chi connectivity index (χ3n) is 3.48. The summed E-state index contributed by atoms with van der Waals surface area (Å²) in [5.74, 6) is -0.540. The van der Waals surface area contributed by atoms with Crippen LogP contribution in [0.4, 0.5) is 0 Å². The minimum atomic E-state index is -0.540. The number of nitrogens with zero attached hydrogens (tertiary/aromatic N) is 2. The molecule has 3 aromatic rings. The van der Waals surface area contributed by atoms with Gasteiger partial charge in [-0.25, -0.2) is 4.79 Å². The van der Waals surface area contributed by atoms with Crippen molar-refractivity contribution in [2.75, 3.05) is 13.7 Å². The first-order valence-electron chi connectivity index (χ1n) is 6.65. The van der Waals surface area contributed by atoms with Crippen molar-refractivity contribution in [3.05, 3.63) is 40.6 Å². The number of hydrogen-bond acceptors (Lipinski definition) is 4. The Hall–Kier alpha value is -2.14. The summed E-state index contributed by atoms with van der Waals surface area (Å²) >= 11 is 0. The number of fused-ring (bicyclic) bond motifs is 3. The lowest BCUT2D eigenvalue weighted by molar-refractivity contribution is 0.188. The van der Waals surface area contributed by atoms with Crippen LogP contribution in [0.2, 0.25) is 0 Å². The highest BCUT2D eigenvalue weighted by Crippen LogP contribution is 2.27. The molecule has 0 radical (unpaired) electrons. The molecular formula is C15H16N2O3. The van der Waals surface area contributed by atoms with Gasteiger partial charge in [-0.2, -0.15) is 4.98 Å². The number of rotatable bonds is 4. The number of aromatic nitrogens is 2. The summed E-state index contributed by atoms with van der Waals surface area (Å²) in [6.07, 6.45) is 2.68. The maximum absolute atomic E-state index is 11.6. The fraction of sp³-hybridized carbons (Fsp3) is 0.333. The highest BCUT2D eigenvalue weighted by atomic mass is 16.5. The lowest BCUT2D eigenvalue weighted by Crippen LogP contribution is -2.09. The summed E-state index contributed by atoms with van der Waals surface area (Å²) in [5, 5.41) is 1.95. The molecule has 0 bridgehead atoms. The number of aryl methyl sites for hydroxylation is 1. The van der Waals surface area contributed by atoms with Gasteiger partial charge in [0.25, 0.3) is 0 Å². The van der Waals surface area contributed by atoms with Crippen LogP contribution in [0.25, 0.3) is 21.9 Å². The molecule has 0 aliphatic carbocycles. The van der Waals surface area contributed by atoms with E-state index in [9.17, 15) is 4.79 Å². The van der Waals surface area contributed by atoms with Crippen LogP contribution in [0, 0.1) is 0 Å². The number of methoxy groups -OCH3 is 1. The van der Waals surface area contributed by atoms with Gasteiger partial charge < -0.3 is 13.7 Å². The van der Waals surface area contributed by atoms with Gasteiger partial charge in [-0.05, 0) is 18.6 Å². The van der Waals surface area contributed by atoms with E-state index in [1.807, 2.05) is 35.9 Å². The zero-order chi connectivity index (χ0) is 14.1. The molecule has 2 aromatic heterocycles. The molecule has 5 nitrogen and oxygen atoms in total. The van der Waals surface area contributed by atoms with E-state index < -0.39 is 5.76 Å². The Morgan fingerprint density at radius 3 is 2.95 bits per heavy atom. The molecule has 0 saturated carbocycles. The van der Waals surface area contributed by atoms with Gasteiger partial charge in [-0.3, -0.25) is 0 Å². The first kappa shape index (κ1) is 12.9. The first-order chi connectivity index (χ1) is 9.74. The van der Waals surface area contributed by atoms with Gasteiger partial charge in [0.2, 0.25) is 0 Å². The molecule has 1 aromatic carbocycles. The van der Waals surface area contributed by atoms with E-state index in [1.54, 1.807) is 7.11 Å². The van der Waals surface area contributed by atoms with Crippen LogP contribution in [0.15, 0.2) is 33.6 Å². The van der Waals surface area contributed by atoms with E-state index in [2.05, 4.69) is 4.98 Å².